The van der Waals surface area contributed by atoms with Gasteiger partial charge in [0.15, 0.2) is 0 Å². The summed E-state index contributed by atoms with van der Waals surface area (Å²) in [7, 11) is 0. The number of urea groups is 1. The lowest BCUT2D eigenvalue weighted by Crippen LogP contribution is -2.45. The third-order valence-electron chi connectivity index (χ3n) is 4.28. The maximum absolute atomic E-state index is 12.1. The third kappa shape index (κ3) is 4.46. The summed E-state index contributed by atoms with van der Waals surface area (Å²) in [6.45, 7) is 7.28. The first-order chi connectivity index (χ1) is 10.0. The quantitative estimate of drug-likeness (QED) is 0.772. The number of rotatable bonds is 5. The van der Waals surface area contributed by atoms with Gasteiger partial charge in [-0.15, -0.1) is 0 Å². The third-order valence-corrected chi connectivity index (χ3v) is 4.28. The molecule has 0 heterocycles. The Kier molecular flexibility index (Phi) is 5.23. The standard InChI is InChI=1S/C17H27N3O/c1-4-18-13(2)14-8-7-9-15(12-14)19-16(21)20-17(3)10-5-6-11-17/h7-9,12-13,18H,4-6,10-11H2,1-3H3,(H2,19,20,21). The Bertz CT molecular complexity index is 481. The summed E-state index contributed by atoms with van der Waals surface area (Å²) >= 11 is 0. The molecule has 3 N–H and O–H groups in total. The van der Waals surface area contributed by atoms with Crippen LogP contribution in [0.15, 0.2) is 24.3 Å². The molecule has 116 valence electrons. The monoisotopic (exact) mass is 289 g/mol. The molecule has 1 atom stereocenters. The number of hydrogen-bond donors (Lipinski definition) is 3. The van der Waals surface area contributed by atoms with Crippen molar-refractivity contribution in [3.63, 3.8) is 0 Å². The van der Waals surface area contributed by atoms with E-state index >= 15 is 0 Å². The zero-order valence-corrected chi connectivity index (χ0v) is 13.3. The Morgan fingerprint density at radius 1 is 1.33 bits per heavy atom. The van der Waals surface area contributed by atoms with Gasteiger partial charge in [-0.1, -0.05) is 31.9 Å². The second-order valence-corrected chi connectivity index (χ2v) is 6.25. The number of nitrogens with one attached hydrogen (secondary N) is 3. The smallest absolute Gasteiger partial charge is 0.319 e. The normalized spacial score (nSPS) is 18.2. The molecular weight excluding hydrogens is 262 g/mol. The molecule has 2 amide bonds. The molecule has 1 aromatic carbocycles. The van der Waals surface area contributed by atoms with Crippen LogP contribution in [0.5, 0.6) is 0 Å². The fourth-order valence-corrected chi connectivity index (χ4v) is 3.03. The fourth-order valence-electron chi connectivity index (χ4n) is 3.03. The van der Waals surface area contributed by atoms with Crippen LogP contribution in [-0.4, -0.2) is 18.1 Å². The van der Waals surface area contributed by atoms with Gasteiger partial charge in [0.25, 0.3) is 0 Å². The molecule has 1 aliphatic carbocycles. The van der Waals surface area contributed by atoms with Crippen LogP contribution < -0.4 is 16.0 Å². The van der Waals surface area contributed by atoms with Gasteiger partial charge in [0.2, 0.25) is 0 Å². The van der Waals surface area contributed by atoms with Gasteiger partial charge in [0, 0.05) is 17.3 Å². The molecule has 0 saturated heterocycles. The van der Waals surface area contributed by atoms with E-state index in [9.17, 15) is 4.79 Å². The van der Waals surface area contributed by atoms with E-state index in [0.717, 1.165) is 25.1 Å². The van der Waals surface area contributed by atoms with Crippen molar-refractivity contribution in [2.24, 2.45) is 0 Å². The minimum atomic E-state index is -0.104. The number of anilines is 1. The summed E-state index contributed by atoms with van der Waals surface area (Å²) in [5.74, 6) is 0. The topological polar surface area (TPSA) is 53.2 Å². The van der Waals surface area contributed by atoms with E-state index in [2.05, 4.69) is 42.8 Å². The van der Waals surface area contributed by atoms with Crippen molar-refractivity contribution >= 4 is 11.7 Å². The molecule has 0 radical (unpaired) electrons. The first-order valence-electron chi connectivity index (χ1n) is 7.95. The van der Waals surface area contributed by atoms with E-state index in [1.165, 1.54) is 18.4 Å². The maximum atomic E-state index is 12.1. The second-order valence-electron chi connectivity index (χ2n) is 6.25. The largest absolute Gasteiger partial charge is 0.333 e. The van der Waals surface area contributed by atoms with Crippen molar-refractivity contribution in [2.45, 2.75) is 58.0 Å². The highest BCUT2D eigenvalue weighted by molar-refractivity contribution is 5.89. The van der Waals surface area contributed by atoms with E-state index in [0.29, 0.717) is 0 Å². The highest BCUT2D eigenvalue weighted by Crippen LogP contribution is 2.29. The Balaban J connectivity index is 1.96. The van der Waals surface area contributed by atoms with Crippen molar-refractivity contribution in [3.05, 3.63) is 29.8 Å². The maximum Gasteiger partial charge on any atom is 0.319 e. The number of carbonyl (C=O) groups excluding carboxylic acids is 1. The van der Waals surface area contributed by atoms with E-state index in [1.54, 1.807) is 0 Å². The predicted molar refractivity (Wildman–Crippen MR) is 87.6 cm³/mol. The van der Waals surface area contributed by atoms with Crippen LogP contribution in [0.25, 0.3) is 0 Å². The van der Waals surface area contributed by atoms with Crippen LogP contribution in [0.4, 0.5) is 10.5 Å². The second kappa shape index (κ2) is 6.94. The first-order valence-corrected chi connectivity index (χ1v) is 7.95. The molecule has 1 unspecified atom stereocenters. The van der Waals surface area contributed by atoms with Gasteiger partial charge < -0.3 is 16.0 Å². The molecule has 1 fully saturated rings. The minimum Gasteiger partial charge on any atom is -0.333 e. The van der Waals surface area contributed by atoms with Gasteiger partial charge in [-0.25, -0.2) is 4.79 Å². The Hall–Kier alpha value is -1.55. The van der Waals surface area contributed by atoms with Crippen LogP contribution in [0.2, 0.25) is 0 Å². The number of hydrogen-bond acceptors (Lipinski definition) is 2. The van der Waals surface area contributed by atoms with Crippen molar-refractivity contribution < 1.29 is 4.79 Å². The van der Waals surface area contributed by atoms with Gasteiger partial charge in [-0.3, -0.25) is 0 Å². The molecule has 1 saturated carbocycles. The SMILES string of the molecule is CCNC(C)c1cccc(NC(=O)NC2(C)CCCC2)c1. The average molecular weight is 289 g/mol. The van der Waals surface area contributed by atoms with E-state index in [-0.39, 0.29) is 17.6 Å². The summed E-state index contributed by atoms with van der Waals surface area (Å²) in [5, 5.41) is 9.44. The molecule has 0 aromatic heterocycles. The Labute approximate surface area is 127 Å². The van der Waals surface area contributed by atoms with Gasteiger partial charge in [-0.2, -0.15) is 0 Å². The van der Waals surface area contributed by atoms with Crippen LogP contribution >= 0.6 is 0 Å². The lowest BCUT2D eigenvalue weighted by Gasteiger charge is -2.25. The summed E-state index contributed by atoms with van der Waals surface area (Å²) in [6, 6.07) is 8.20. The molecule has 4 nitrogen and oxygen atoms in total. The van der Waals surface area contributed by atoms with Crippen LogP contribution in [0, 0.1) is 0 Å². The lowest BCUT2D eigenvalue weighted by atomic mass is 10.0. The van der Waals surface area contributed by atoms with Crippen LogP contribution in [0.3, 0.4) is 0 Å². The molecule has 21 heavy (non-hydrogen) atoms. The molecule has 1 aliphatic rings. The van der Waals surface area contributed by atoms with Gasteiger partial charge >= 0.3 is 6.03 Å². The highest BCUT2D eigenvalue weighted by Gasteiger charge is 2.30. The average Bonchev–Trinajstić information content (AvgIpc) is 2.85. The van der Waals surface area contributed by atoms with E-state index in [4.69, 9.17) is 0 Å². The highest BCUT2D eigenvalue weighted by atomic mass is 16.2. The zero-order chi connectivity index (χ0) is 15.3. The first kappa shape index (κ1) is 15.8. The molecular formula is C17H27N3O. The molecule has 0 bridgehead atoms. The van der Waals surface area contributed by atoms with Gasteiger partial charge in [0.1, 0.15) is 0 Å². The van der Waals surface area contributed by atoms with Gasteiger partial charge in [-0.05, 0) is 50.9 Å². The number of benzene rings is 1. The number of amides is 2. The van der Waals surface area contributed by atoms with E-state index < -0.39 is 0 Å². The summed E-state index contributed by atoms with van der Waals surface area (Å²) < 4.78 is 0. The van der Waals surface area contributed by atoms with Gasteiger partial charge in [0.05, 0.1) is 0 Å². The van der Waals surface area contributed by atoms with Crippen molar-refractivity contribution in [1.29, 1.82) is 0 Å². The minimum absolute atomic E-state index is 0.0429. The Morgan fingerprint density at radius 3 is 2.71 bits per heavy atom. The summed E-state index contributed by atoms with van der Waals surface area (Å²) in [4.78, 5) is 12.1. The molecule has 1 aromatic rings. The predicted octanol–water partition coefficient (Wildman–Crippen LogP) is 3.81. The summed E-state index contributed by atoms with van der Waals surface area (Å²) in [6.07, 6.45) is 4.54. The molecule has 4 heteroatoms. The summed E-state index contributed by atoms with van der Waals surface area (Å²) in [5.41, 5.74) is 1.98. The fraction of sp³-hybridized carbons (Fsp3) is 0.588. The Morgan fingerprint density at radius 2 is 2.05 bits per heavy atom. The molecule has 0 spiro atoms. The van der Waals surface area contributed by atoms with Crippen molar-refractivity contribution in [3.8, 4) is 0 Å². The van der Waals surface area contributed by atoms with Crippen LogP contribution in [0.1, 0.15) is 58.1 Å². The number of carbonyl (C=O) groups is 1. The molecule has 0 aliphatic heterocycles. The van der Waals surface area contributed by atoms with Crippen LogP contribution in [-0.2, 0) is 0 Å². The molecule has 2 rings (SSSR count). The van der Waals surface area contributed by atoms with Crippen molar-refractivity contribution in [2.75, 3.05) is 11.9 Å². The van der Waals surface area contributed by atoms with Crippen molar-refractivity contribution in [1.82, 2.24) is 10.6 Å². The zero-order valence-electron chi connectivity index (χ0n) is 13.3. The van der Waals surface area contributed by atoms with E-state index in [1.807, 2.05) is 18.2 Å². The lowest BCUT2D eigenvalue weighted by molar-refractivity contribution is 0.239.